The van der Waals surface area contributed by atoms with Crippen LogP contribution < -0.4 is 0 Å². The lowest BCUT2D eigenvalue weighted by Crippen LogP contribution is -2.59. The molecule has 1 N–H and O–H groups in total. The van der Waals surface area contributed by atoms with Crippen molar-refractivity contribution < 1.29 is 33.7 Å². The van der Waals surface area contributed by atoms with Gasteiger partial charge in [-0.3, -0.25) is 19.3 Å². The third-order valence-electron chi connectivity index (χ3n) is 9.38. The van der Waals surface area contributed by atoms with Crippen molar-refractivity contribution in [2.75, 3.05) is 59.2 Å². The van der Waals surface area contributed by atoms with Gasteiger partial charge in [0.15, 0.2) is 0 Å². The first kappa shape index (κ1) is 30.7. The van der Waals surface area contributed by atoms with Gasteiger partial charge in [-0.15, -0.1) is 6.58 Å². The van der Waals surface area contributed by atoms with E-state index in [1.807, 2.05) is 27.7 Å². The van der Waals surface area contributed by atoms with Gasteiger partial charge in [0.25, 0.3) is 0 Å². The molecule has 4 fully saturated rings. The molecule has 10 heteroatoms. The highest BCUT2D eigenvalue weighted by atomic mass is 16.6. The smallest absolute Gasteiger partial charge is 0.313 e. The molecule has 3 unspecified atom stereocenters. The van der Waals surface area contributed by atoms with Gasteiger partial charge in [0.1, 0.15) is 24.2 Å². The van der Waals surface area contributed by atoms with Crippen molar-refractivity contribution in [3.63, 3.8) is 0 Å². The first-order valence-electron chi connectivity index (χ1n) is 14.7. The molecular formula is C30H47N3O7. The zero-order valence-corrected chi connectivity index (χ0v) is 24.5. The summed E-state index contributed by atoms with van der Waals surface area (Å²) in [5.74, 6) is -2.71. The molecule has 0 radical (unpaired) electrons. The van der Waals surface area contributed by atoms with Gasteiger partial charge in [-0.1, -0.05) is 39.5 Å². The summed E-state index contributed by atoms with van der Waals surface area (Å²) in [4.78, 5) is 48.0. The molecule has 4 rings (SSSR count). The standard InChI is InChI=1S/C30H47N3O7/c1-7-9-32(11-10-31-12-15-38-16-13-31)27(36)25-30-18-21(5)29(6,40-30)24(28(37)39-14-8-2)23(30)26(35)33(25)22(19-34)17-20(3)4/h7-8,20-25,34H,1-2,9-19H2,3-6H3/t21?,22-,23+,24-,25?,29+,30?/m1/s1. The van der Waals surface area contributed by atoms with Crippen LogP contribution in [0.1, 0.15) is 40.5 Å². The average Bonchev–Trinajstić information content (AvgIpc) is 3.45. The Labute approximate surface area is 238 Å². The predicted octanol–water partition coefficient (Wildman–Crippen LogP) is 1.48. The average molecular weight is 562 g/mol. The number of carbonyl (C=O) groups excluding carboxylic acids is 3. The number of likely N-dealkylation sites (tertiary alicyclic amines) is 1. The van der Waals surface area contributed by atoms with Crippen molar-refractivity contribution >= 4 is 17.8 Å². The van der Waals surface area contributed by atoms with E-state index in [0.29, 0.717) is 45.7 Å². The molecular weight excluding hydrogens is 514 g/mol. The van der Waals surface area contributed by atoms with E-state index in [2.05, 4.69) is 18.1 Å². The van der Waals surface area contributed by atoms with Gasteiger partial charge >= 0.3 is 5.97 Å². The van der Waals surface area contributed by atoms with Crippen LogP contribution in [0.5, 0.6) is 0 Å². The van der Waals surface area contributed by atoms with Crippen molar-refractivity contribution in [3.05, 3.63) is 25.3 Å². The molecule has 0 aromatic rings. The van der Waals surface area contributed by atoms with E-state index in [-0.39, 0.29) is 36.9 Å². The van der Waals surface area contributed by atoms with Crippen LogP contribution in [0.2, 0.25) is 0 Å². The van der Waals surface area contributed by atoms with Crippen LogP contribution in [-0.4, -0.2) is 120 Å². The maximum Gasteiger partial charge on any atom is 0.313 e. The summed E-state index contributed by atoms with van der Waals surface area (Å²) < 4.78 is 17.7. The Hall–Kier alpha value is -2.27. The number of hydrogen-bond donors (Lipinski definition) is 1. The maximum absolute atomic E-state index is 14.6. The van der Waals surface area contributed by atoms with E-state index < -0.39 is 41.1 Å². The molecule has 224 valence electrons. The second-order valence-electron chi connectivity index (χ2n) is 12.4. The molecule has 10 nitrogen and oxygen atoms in total. The fourth-order valence-corrected chi connectivity index (χ4v) is 7.47. The number of ether oxygens (including phenoxy) is 3. The van der Waals surface area contributed by atoms with Gasteiger partial charge in [-0.05, 0) is 31.6 Å². The van der Waals surface area contributed by atoms with Crippen molar-refractivity contribution in [1.82, 2.24) is 14.7 Å². The maximum atomic E-state index is 14.6. The summed E-state index contributed by atoms with van der Waals surface area (Å²) in [5, 5.41) is 10.5. The topological polar surface area (TPSA) is 109 Å². The summed E-state index contributed by atoms with van der Waals surface area (Å²) in [5.41, 5.74) is -2.14. The minimum atomic E-state index is -1.19. The molecule has 40 heavy (non-hydrogen) atoms. The van der Waals surface area contributed by atoms with Gasteiger partial charge < -0.3 is 29.1 Å². The highest BCUT2D eigenvalue weighted by Crippen LogP contribution is 2.65. The molecule has 7 atom stereocenters. The van der Waals surface area contributed by atoms with Crippen LogP contribution in [0, 0.1) is 23.7 Å². The lowest BCUT2D eigenvalue weighted by atomic mass is 9.62. The van der Waals surface area contributed by atoms with E-state index in [9.17, 15) is 19.5 Å². The monoisotopic (exact) mass is 561 g/mol. The molecule has 2 amide bonds. The SMILES string of the molecule is C=CCOC(=O)[C@H]1[C@H]2C(=O)N([C@@H](CO)CC(C)C)C(C(=O)N(CC=C)CCN3CCOCC3)C23CC(C)[C@]1(C)O3. The van der Waals surface area contributed by atoms with Gasteiger partial charge in [0.05, 0.1) is 37.4 Å². The number of carbonyl (C=O) groups is 3. The number of amides is 2. The first-order valence-corrected chi connectivity index (χ1v) is 14.7. The molecule has 4 aliphatic rings. The summed E-state index contributed by atoms with van der Waals surface area (Å²) in [7, 11) is 0. The Morgan fingerprint density at radius 3 is 2.55 bits per heavy atom. The molecule has 0 aromatic carbocycles. The first-order chi connectivity index (χ1) is 19.0. The Bertz CT molecular complexity index is 982. The predicted molar refractivity (Wildman–Crippen MR) is 149 cm³/mol. The Balaban J connectivity index is 1.74. The number of hydrogen-bond acceptors (Lipinski definition) is 8. The van der Waals surface area contributed by atoms with E-state index in [1.165, 1.54) is 6.08 Å². The van der Waals surface area contributed by atoms with Crippen LogP contribution in [0.4, 0.5) is 0 Å². The third kappa shape index (κ3) is 5.24. The number of morpholine rings is 1. The fraction of sp³-hybridized carbons (Fsp3) is 0.767. The summed E-state index contributed by atoms with van der Waals surface area (Å²) in [6.45, 7) is 19.5. The third-order valence-corrected chi connectivity index (χ3v) is 9.38. The van der Waals surface area contributed by atoms with Crippen LogP contribution in [-0.2, 0) is 28.6 Å². The van der Waals surface area contributed by atoms with E-state index in [1.54, 1.807) is 15.9 Å². The molecule has 1 spiro atoms. The molecule has 4 aliphatic heterocycles. The Morgan fingerprint density at radius 2 is 1.95 bits per heavy atom. The zero-order chi connectivity index (χ0) is 29.2. The number of nitrogens with zero attached hydrogens (tertiary/aromatic N) is 3. The lowest BCUT2D eigenvalue weighted by Gasteiger charge is -2.40. The van der Waals surface area contributed by atoms with Crippen LogP contribution in [0.3, 0.4) is 0 Å². The van der Waals surface area contributed by atoms with Gasteiger partial charge in [0, 0.05) is 32.7 Å². The highest BCUT2D eigenvalue weighted by molar-refractivity contribution is 5.98. The number of aliphatic hydroxyl groups is 1. The van der Waals surface area contributed by atoms with Crippen molar-refractivity contribution in [1.29, 1.82) is 0 Å². The summed E-state index contributed by atoms with van der Waals surface area (Å²) in [6, 6.07) is -1.55. The molecule has 4 saturated heterocycles. The van der Waals surface area contributed by atoms with Crippen molar-refractivity contribution in [2.24, 2.45) is 23.7 Å². The molecule has 2 bridgehead atoms. The number of aliphatic hydroxyl groups excluding tert-OH is 1. The van der Waals surface area contributed by atoms with Crippen molar-refractivity contribution in [3.8, 4) is 0 Å². The Kier molecular flexibility index (Phi) is 9.44. The molecule has 0 aromatic heterocycles. The minimum absolute atomic E-state index is 0.0288. The second-order valence-corrected chi connectivity index (χ2v) is 12.4. The Morgan fingerprint density at radius 1 is 1.25 bits per heavy atom. The van der Waals surface area contributed by atoms with Crippen LogP contribution >= 0.6 is 0 Å². The van der Waals surface area contributed by atoms with Gasteiger partial charge in [-0.25, -0.2) is 0 Å². The quantitative estimate of drug-likeness (QED) is 0.266. The normalized spacial score (nSPS) is 34.1. The fourth-order valence-electron chi connectivity index (χ4n) is 7.47. The van der Waals surface area contributed by atoms with E-state index in [0.717, 1.165) is 13.1 Å². The summed E-state index contributed by atoms with van der Waals surface area (Å²) in [6.07, 6.45) is 4.16. The number of rotatable bonds is 13. The number of fused-ring (bicyclic) bond motifs is 1. The van der Waals surface area contributed by atoms with E-state index >= 15 is 0 Å². The minimum Gasteiger partial charge on any atom is -0.461 e. The summed E-state index contributed by atoms with van der Waals surface area (Å²) >= 11 is 0. The van der Waals surface area contributed by atoms with Gasteiger partial charge in [-0.2, -0.15) is 0 Å². The van der Waals surface area contributed by atoms with Crippen LogP contribution in [0.15, 0.2) is 25.3 Å². The van der Waals surface area contributed by atoms with E-state index in [4.69, 9.17) is 14.2 Å². The zero-order valence-electron chi connectivity index (χ0n) is 24.5. The molecule has 4 heterocycles. The number of esters is 1. The molecule has 0 saturated carbocycles. The largest absolute Gasteiger partial charge is 0.461 e. The van der Waals surface area contributed by atoms with Gasteiger partial charge in [0.2, 0.25) is 11.8 Å². The lowest BCUT2D eigenvalue weighted by molar-refractivity contribution is -0.163. The van der Waals surface area contributed by atoms with Crippen molar-refractivity contribution in [2.45, 2.75) is 63.8 Å². The second kappa shape index (κ2) is 12.3. The highest BCUT2D eigenvalue weighted by Gasteiger charge is 2.80. The van der Waals surface area contributed by atoms with Crippen LogP contribution in [0.25, 0.3) is 0 Å². The molecule has 0 aliphatic carbocycles.